The molecule has 0 radical (unpaired) electrons. The SMILES string of the molecule is CN(C)CCn1cc(-c2ccc(F)c(C(F)(F)F)c2)nc1C1CCN(C(=O)OC(C)(C)C)CC1. The van der Waals surface area contributed by atoms with Crippen LogP contribution in [0.1, 0.15) is 50.9 Å². The molecule has 1 fully saturated rings. The summed E-state index contributed by atoms with van der Waals surface area (Å²) in [4.78, 5) is 20.7. The van der Waals surface area contributed by atoms with Crippen LogP contribution in [-0.2, 0) is 17.5 Å². The number of hydrogen-bond donors (Lipinski definition) is 0. The zero-order chi connectivity index (χ0) is 25.3. The molecule has 1 aliphatic rings. The summed E-state index contributed by atoms with van der Waals surface area (Å²) in [5.41, 5.74) is -1.30. The number of likely N-dealkylation sites (N-methyl/N-ethyl adjacent to an activating group) is 1. The first kappa shape index (κ1) is 26.0. The topological polar surface area (TPSA) is 50.6 Å². The second-order valence-electron chi connectivity index (χ2n) is 9.92. The second kappa shape index (κ2) is 9.93. The summed E-state index contributed by atoms with van der Waals surface area (Å²) in [6.07, 6.45) is -2.09. The van der Waals surface area contributed by atoms with Gasteiger partial charge in [0.25, 0.3) is 0 Å². The zero-order valence-corrected chi connectivity index (χ0v) is 20.2. The van der Waals surface area contributed by atoms with E-state index in [1.165, 1.54) is 6.07 Å². The molecule has 0 bridgehead atoms. The zero-order valence-electron chi connectivity index (χ0n) is 20.2. The van der Waals surface area contributed by atoms with Gasteiger partial charge in [0.15, 0.2) is 0 Å². The van der Waals surface area contributed by atoms with Gasteiger partial charge < -0.3 is 19.1 Å². The minimum atomic E-state index is -4.79. The fraction of sp³-hybridized carbons (Fsp3) is 0.583. The van der Waals surface area contributed by atoms with E-state index in [1.54, 1.807) is 11.1 Å². The lowest BCUT2D eigenvalue weighted by Gasteiger charge is -2.33. The lowest BCUT2D eigenvalue weighted by atomic mass is 9.96. The molecule has 1 aromatic heterocycles. The summed E-state index contributed by atoms with van der Waals surface area (Å²) in [5, 5.41) is 0. The Morgan fingerprint density at radius 2 is 1.82 bits per heavy atom. The van der Waals surface area contributed by atoms with E-state index in [0.29, 0.717) is 38.2 Å². The van der Waals surface area contributed by atoms with E-state index >= 15 is 0 Å². The Morgan fingerprint density at radius 1 is 1.18 bits per heavy atom. The Kier molecular flexibility index (Phi) is 7.59. The third kappa shape index (κ3) is 6.49. The highest BCUT2D eigenvalue weighted by Gasteiger charge is 2.35. The standard InChI is InChI=1S/C24H32F4N4O2/c1-23(2,3)34-22(33)31-10-8-16(9-11-31)21-29-20(15-32(21)13-12-30(4)5)17-6-7-19(25)18(14-17)24(26,27)28/h6-7,14-16H,8-13H2,1-5H3. The fourth-order valence-electron chi connectivity index (χ4n) is 3.93. The smallest absolute Gasteiger partial charge is 0.419 e. The molecule has 1 aliphatic heterocycles. The van der Waals surface area contributed by atoms with Crippen molar-refractivity contribution in [2.75, 3.05) is 33.7 Å². The maximum atomic E-state index is 13.8. The Morgan fingerprint density at radius 3 is 2.38 bits per heavy atom. The van der Waals surface area contributed by atoms with E-state index in [4.69, 9.17) is 4.74 Å². The first-order valence-electron chi connectivity index (χ1n) is 11.3. The molecule has 0 saturated carbocycles. The van der Waals surface area contributed by atoms with Crippen molar-refractivity contribution in [3.05, 3.63) is 41.6 Å². The Labute approximate surface area is 197 Å². The number of aromatic nitrogens is 2. The number of piperidine rings is 1. The molecule has 0 atom stereocenters. The number of halogens is 4. The van der Waals surface area contributed by atoms with Crippen LogP contribution in [0.2, 0.25) is 0 Å². The molecular formula is C24H32F4N4O2. The normalized spacial score (nSPS) is 15.8. The highest BCUT2D eigenvalue weighted by Crippen LogP contribution is 2.35. The fourth-order valence-corrected chi connectivity index (χ4v) is 3.93. The summed E-state index contributed by atoms with van der Waals surface area (Å²) in [5.74, 6) is -0.506. The number of likely N-dealkylation sites (tertiary alicyclic amines) is 1. The van der Waals surface area contributed by atoms with Crippen molar-refractivity contribution in [1.29, 1.82) is 0 Å². The van der Waals surface area contributed by atoms with Gasteiger partial charge >= 0.3 is 12.3 Å². The molecule has 1 amide bonds. The molecule has 0 N–H and O–H groups in total. The predicted octanol–water partition coefficient (Wildman–Crippen LogP) is 5.38. The van der Waals surface area contributed by atoms with Gasteiger partial charge in [-0.15, -0.1) is 0 Å². The van der Waals surface area contributed by atoms with Crippen LogP contribution in [0.4, 0.5) is 22.4 Å². The molecule has 10 heteroatoms. The van der Waals surface area contributed by atoms with Gasteiger partial charge in [-0.05, 0) is 65.9 Å². The number of benzene rings is 1. The molecular weight excluding hydrogens is 452 g/mol. The van der Waals surface area contributed by atoms with Crippen LogP contribution in [0.15, 0.2) is 24.4 Å². The quantitative estimate of drug-likeness (QED) is 0.535. The number of amides is 1. The molecule has 1 aromatic carbocycles. The molecule has 1 saturated heterocycles. The number of carbonyl (C=O) groups is 1. The Balaban J connectivity index is 1.85. The average Bonchev–Trinajstić information content (AvgIpc) is 3.15. The van der Waals surface area contributed by atoms with Gasteiger partial charge in [0.1, 0.15) is 17.2 Å². The molecule has 3 rings (SSSR count). The molecule has 34 heavy (non-hydrogen) atoms. The number of ether oxygens (including phenoxy) is 1. The number of carbonyl (C=O) groups excluding carboxylic acids is 1. The van der Waals surface area contributed by atoms with Crippen LogP contribution in [0, 0.1) is 5.82 Å². The van der Waals surface area contributed by atoms with Crippen LogP contribution >= 0.6 is 0 Å². The molecule has 2 heterocycles. The van der Waals surface area contributed by atoms with Crippen molar-refractivity contribution >= 4 is 6.09 Å². The summed E-state index contributed by atoms with van der Waals surface area (Å²) < 4.78 is 60.9. The van der Waals surface area contributed by atoms with Gasteiger partial charge in [0.2, 0.25) is 0 Å². The van der Waals surface area contributed by atoms with E-state index < -0.39 is 23.2 Å². The van der Waals surface area contributed by atoms with Crippen molar-refractivity contribution in [1.82, 2.24) is 19.4 Å². The summed E-state index contributed by atoms with van der Waals surface area (Å²) in [6.45, 7) is 7.79. The number of alkyl halides is 3. The van der Waals surface area contributed by atoms with E-state index in [-0.39, 0.29) is 17.6 Å². The van der Waals surface area contributed by atoms with Gasteiger partial charge in [-0.3, -0.25) is 0 Å². The Bertz CT molecular complexity index is 1000. The van der Waals surface area contributed by atoms with E-state index in [1.807, 2.05) is 44.3 Å². The lowest BCUT2D eigenvalue weighted by molar-refractivity contribution is -0.139. The number of nitrogens with zero attached hydrogens (tertiary/aromatic N) is 4. The molecule has 0 spiro atoms. The monoisotopic (exact) mass is 484 g/mol. The maximum Gasteiger partial charge on any atom is 0.419 e. The van der Waals surface area contributed by atoms with Crippen molar-refractivity contribution in [3.63, 3.8) is 0 Å². The van der Waals surface area contributed by atoms with Gasteiger partial charge in [-0.25, -0.2) is 14.2 Å². The second-order valence-corrected chi connectivity index (χ2v) is 9.92. The number of rotatable bonds is 5. The van der Waals surface area contributed by atoms with Crippen LogP contribution in [0.3, 0.4) is 0 Å². The maximum absolute atomic E-state index is 13.8. The van der Waals surface area contributed by atoms with Crippen molar-refractivity contribution in [3.8, 4) is 11.3 Å². The largest absolute Gasteiger partial charge is 0.444 e. The lowest BCUT2D eigenvalue weighted by Crippen LogP contribution is -2.41. The van der Waals surface area contributed by atoms with E-state index in [2.05, 4.69) is 4.98 Å². The van der Waals surface area contributed by atoms with Crippen LogP contribution in [0.5, 0.6) is 0 Å². The van der Waals surface area contributed by atoms with Crippen LogP contribution < -0.4 is 0 Å². The van der Waals surface area contributed by atoms with Crippen molar-refractivity contribution in [2.45, 2.75) is 57.9 Å². The molecule has 188 valence electrons. The highest BCUT2D eigenvalue weighted by molar-refractivity contribution is 5.68. The molecule has 2 aromatic rings. The predicted molar refractivity (Wildman–Crippen MR) is 121 cm³/mol. The van der Waals surface area contributed by atoms with Crippen molar-refractivity contribution in [2.24, 2.45) is 0 Å². The Hall–Kier alpha value is -2.62. The van der Waals surface area contributed by atoms with E-state index in [9.17, 15) is 22.4 Å². The summed E-state index contributed by atoms with van der Waals surface area (Å²) >= 11 is 0. The average molecular weight is 485 g/mol. The third-order valence-electron chi connectivity index (χ3n) is 5.67. The minimum absolute atomic E-state index is 0.0390. The van der Waals surface area contributed by atoms with Gasteiger partial charge in [0.05, 0.1) is 11.3 Å². The van der Waals surface area contributed by atoms with Gasteiger partial charge in [-0.1, -0.05) is 0 Å². The summed E-state index contributed by atoms with van der Waals surface area (Å²) in [7, 11) is 3.87. The van der Waals surface area contributed by atoms with E-state index in [0.717, 1.165) is 24.5 Å². The summed E-state index contributed by atoms with van der Waals surface area (Å²) in [6, 6.07) is 2.96. The van der Waals surface area contributed by atoms with Gasteiger partial charge in [0, 0.05) is 43.9 Å². The first-order chi connectivity index (χ1) is 15.7. The third-order valence-corrected chi connectivity index (χ3v) is 5.67. The molecule has 0 unspecified atom stereocenters. The number of imidazole rings is 1. The van der Waals surface area contributed by atoms with Crippen LogP contribution in [0.25, 0.3) is 11.3 Å². The molecule has 6 nitrogen and oxygen atoms in total. The highest BCUT2D eigenvalue weighted by atomic mass is 19.4. The minimum Gasteiger partial charge on any atom is -0.444 e. The number of hydrogen-bond acceptors (Lipinski definition) is 4. The first-order valence-corrected chi connectivity index (χ1v) is 11.3. The van der Waals surface area contributed by atoms with Crippen LogP contribution in [-0.4, -0.2) is 64.8 Å². The molecule has 0 aliphatic carbocycles. The van der Waals surface area contributed by atoms with Gasteiger partial charge in [-0.2, -0.15) is 13.2 Å². The van der Waals surface area contributed by atoms with Crippen molar-refractivity contribution < 1.29 is 27.1 Å².